The second-order valence-corrected chi connectivity index (χ2v) is 5.46. The summed E-state index contributed by atoms with van der Waals surface area (Å²) in [6.45, 7) is 3.65. The van der Waals surface area contributed by atoms with Crippen LogP contribution in [0.25, 0.3) is 0 Å². The summed E-state index contributed by atoms with van der Waals surface area (Å²) in [4.78, 5) is 0. The van der Waals surface area contributed by atoms with E-state index < -0.39 is 0 Å². The molecule has 1 fully saturated rings. The van der Waals surface area contributed by atoms with Gasteiger partial charge in [0, 0.05) is 17.8 Å². The van der Waals surface area contributed by atoms with E-state index in [0.29, 0.717) is 19.3 Å². The molecule has 98 valence electrons. The van der Waals surface area contributed by atoms with Crippen molar-refractivity contribution in [1.82, 2.24) is 0 Å². The summed E-state index contributed by atoms with van der Waals surface area (Å²) in [5.74, 6) is 2.63. The van der Waals surface area contributed by atoms with Crippen LogP contribution >= 0.6 is 0 Å². The fraction of sp³-hybridized carbons (Fsp3) is 0.600. The number of benzene rings is 1. The molecule has 0 bridgehead atoms. The third-order valence-electron chi connectivity index (χ3n) is 3.93. The summed E-state index contributed by atoms with van der Waals surface area (Å²) in [7, 11) is 0. The number of anilines is 1. The third-order valence-corrected chi connectivity index (χ3v) is 3.93. The van der Waals surface area contributed by atoms with Gasteiger partial charge in [0.1, 0.15) is 13.2 Å². The van der Waals surface area contributed by atoms with Gasteiger partial charge in [-0.1, -0.05) is 6.92 Å². The molecule has 18 heavy (non-hydrogen) atoms. The number of nitrogens with one attached hydrogen (secondary N) is 1. The Hall–Kier alpha value is -1.38. The van der Waals surface area contributed by atoms with Crippen LogP contribution in [0.3, 0.4) is 0 Å². The van der Waals surface area contributed by atoms with Gasteiger partial charge in [-0.2, -0.15) is 0 Å². The zero-order valence-electron chi connectivity index (χ0n) is 10.9. The molecule has 1 N–H and O–H groups in total. The topological polar surface area (TPSA) is 30.5 Å². The Labute approximate surface area is 108 Å². The van der Waals surface area contributed by atoms with Crippen LogP contribution in [0.1, 0.15) is 32.6 Å². The minimum atomic E-state index is 0.615. The van der Waals surface area contributed by atoms with E-state index in [1.54, 1.807) is 0 Å². The first-order chi connectivity index (χ1) is 8.81. The maximum atomic E-state index is 5.61. The van der Waals surface area contributed by atoms with Crippen molar-refractivity contribution in [3.63, 3.8) is 0 Å². The first-order valence-corrected chi connectivity index (χ1v) is 6.97. The van der Waals surface area contributed by atoms with Crippen molar-refractivity contribution < 1.29 is 9.47 Å². The maximum absolute atomic E-state index is 5.61. The van der Waals surface area contributed by atoms with Crippen LogP contribution in [-0.2, 0) is 0 Å². The van der Waals surface area contributed by atoms with E-state index in [0.717, 1.165) is 23.1 Å². The summed E-state index contributed by atoms with van der Waals surface area (Å²) < 4.78 is 11.1. The number of ether oxygens (including phenoxy) is 2. The second kappa shape index (κ2) is 5.09. The zero-order valence-corrected chi connectivity index (χ0v) is 10.9. The lowest BCUT2D eigenvalue weighted by Gasteiger charge is -2.28. The van der Waals surface area contributed by atoms with Crippen molar-refractivity contribution >= 4 is 5.69 Å². The van der Waals surface area contributed by atoms with Crippen LogP contribution in [-0.4, -0.2) is 19.3 Å². The largest absolute Gasteiger partial charge is 0.486 e. The summed E-state index contributed by atoms with van der Waals surface area (Å²) >= 11 is 0. The van der Waals surface area contributed by atoms with E-state index in [4.69, 9.17) is 9.47 Å². The molecule has 3 heteroatoms. The van der Waals surface area contributed by atoms with Crippen LogP contribution in [0.4, 0.5) is 5.69 Å². The molecule has 1 aliphatic heterocycles. The number of fused-ring (bicyclic) bond motifs is 1. The molecular weight excluding hydrogens is 226 g/mol. The SMILES string of the molecule is CC1CCC(Nc2ccc3c(c2)OCCO3)CC1. The van der Waals surface area contributed by atoms with Crippen molar-refractivity contribution in [2.75, 3.05) is 18.5 Å². The van der Waals surface area contributed by atoms with E-state index in [-0.39, 0.29) is 0 Å². The lowest BCUT2D eigenvalue weighted by atomic mass is 9.87. The van der Waals surface area contributed by atoms with Crippen molar-refractivity contribution in [3.05, 3.63) is 18.2 Å². The molecule has 1 aromatic carbocycles. The Bertz CT molecular complexity index is 411. The molecule has 0 saturated heterocycles. The molecule has 3 rings (SSSR count). The highest BCUT2D eigenvalue weighted by molar-refractivity contribution is 5.55. The van der Waals surface area contributed by atoms with Gasteiger partial charge in [-0.25, -0.2) is 0 Å². The summed E-state index contributed by atoms with van der Waals surface area (Å²) in [5.41, 5.74) is 1.15. The lowest BCUT2D eigenvalue weighted by Crippen LogP contribution is -2.25. The molecule has 1 heterocycles. The quantitative estimate of drug-likeness (QED) is 0.868. The van der Waals surface area contributed by atoms with Gasteiger partial charge < -0.3 is 14.8 Å². The van der Waals surface area contributed by atoms with Gasteiger partial charge >= 0.3 is 0 Å². The van der Waals surface area contributed by atoms with Gasteiger partial charge in [0.25, 0.3) is 0 Å². The highest BCUT2D eigenvalue weighted by Crippen LogP contribution is 2.34. The number of hydrogen-bond acceptors (Lipinski definition) is 3. The Morgan fingerprint density at radius 1 is 1.00 bits per heavy atom. The second-order valence-electron chi connectivity index (χ2n) is 5.46. The summed E-state index contributed by atoms with van der Waals surface area (Å²) in [6.07, 6.45) is 5.22. The highest BCUT2D eigenvalue weighted by atomic mass is 16.6. The first-order valence-electron chi connectivity index (χ1n) is 6.97. The summed E-state index contributed by atoms with van der Waals surface area (Å²) in [5, 5.41) is 3.62. The maximum Gasteiger partial charge on any atom is 0.163 e. The Morgan fingerprint density at radius 3 is 2.50 bits per heavy atom. The fourth-order valence-corrected chi connectivity index (χ4v) is 2.77. The van der Waals surface area contributed by atoms with Crippen molar-refractivity contribution in [3.8, 4) is 11.5 Å². The molecule has 3 nitrogen and oxygen atoms in total. The van der Waals surface area contributed by atoms with Crippen molar-refractivity contribution in [2.24, 2.45) is 5.92 Å². The van der Waals surface area contributed by atoms with E-state index in [1.807, 2.05) is 6.07 Å². The molecule has 0 amide bonds. The van der Waals surface area contributed by atoms with Gasteiger partial charge in [0.05, 0.1) is 0 Å². The number of hydrogen-bond donors (Lipinski definition) is 1. The van der Waals surface area contributed by atoms with Crippen LogP contribution in [0.15, 0.2) is 18.2 Å². The van der Waals surface area contributed by atoms with E-state index in [1.165, 1.54) is 25.7 Å². The summed E-state index contributed by atoms with van der Waals surface area (Å²) in [6, 6.07) is 6.77. The molecule has 0 unspecified atom stereocenters. The molecule has 1 aromatic rings. The monoisotopic (exact) mass is 247 g/mol. The molecule has 1 saturated carbocycles. The van der Waals surface area contributed by atoms with Gasteiger partial charge in [-0.3, -0.25) is 0 Å². The molecule has 0 radical (unpaired) electrons. The number of rotatable bonds is 2. The predicted molar refractivity (Wildman–Crippen MR) is 72.5 cm³/mol. The standard InChI is InChI=1S/C15H21NO2/c1-11-2-4-12(5-3-11)16-13-6-7-14-15(10-13)18-9-8-17-14/h6-7,10-12,16H,2-5,8-9H2,1H3. The molecular formula is C15H21NO2. The Balaban J connectivity index is 1.66. The fourth-order valence-electron chi connectivity index (χ4n) is 2.77. The smallest absolute Gasteiger partial charge is 0.163 e. The molecule has 2 aliphatic rings. The van der Waals surface area contributed by atoms with Crippen LogP contribution in [0, 0.1) is 5.92 Å². The van der Waals surface area contributed by atoms with Gasteiger partial charge in [0.15, 0.2) is 11.5 Å². The van der Waals surface area contributed by atoms with E-state index in [2.05, 4.69) is 24.4 Å². The van der Waals surface area contributed by atoms with Gasteiger partial charge in [-0.15, -0.1) is 0 Å². The Morgan fingerprint density at radius 2 is 1.72 bits per heavy atom. The van der Waals surface area contributed by atoms with Gasteiger partial charge in [-0.05, 0) is 43.7 Å². The highest BCUT2D eigenvalue weighted by Gasteiger charge is 2.19. The lowest BCUT2D eigenvalue weighted by molar-refractivity contribution is 0.171. The minimum absolute atomic E-state index is 0.615. The molecule has 1 aliphatic carbocycles. The average Bonchev–Trinajstić information content (AvgIpc) is 2.41. The molecule has 0 aromatic heterocycles. The van der Waals surface area contributed by atoms with Crippen molar-refractivity contribution in [2.45, 2.75) is 38.6 Å². The van der Waals surface area contributed by atoms with Crippen molar-refractivity contribution in [1.29, 1.82) is 0 Å². The third kappa shape index (κ3) is 2.55. The van der Waals surface area contributed by atoms with Gasteiger partial charge in [0.2, 0.25) is 0 Å². The molecule has 0 atom stereocenters. The predicted octanol–water partition coefficient (Wildman–Crippen LogP) is 3.45. The Kier molecular flexibility index (Phi) is 3.31. The zero-order chi connectivity index (χ0) is 12.4. The average molecular weight is 247 g/mol. The normalized spacial score (nSPS) is 26.7. The minimum Gasteiger partial charge on any atom is -0.486 e. The van der Waals surface area contributed by atoms with Crippen LogP contribution < -0.4 is 14.8 Å². The van der Waals surface area contributed by atoms with Crippen LogP contribution in [0.2, 0.25) is 0 Å². The molecule has 0 spiro atoms. The van der Waals surface area contributed by atoms with E-state index >= 15 is 0 Å². The van der Waals surface area contributed by atoms with E-state index in [9.17, 15) is 0 Å². The first kappa shape index (κ1) is 11.7. The van der Waals surface area contributed by atoms with Crippen LogP contribution in [0.5, 0.6) is 11.5 Å².